The van der Waals surface area contributed by atoms with Gasteiger partial charge in [0.25, 0.3) is 0 Å². The summed E-state index contributed by atoms with van der Waals surface area (Å²) in [5.41, 5.74) is 11.2. The van der Waals surface area contributed by atoms with Crippen LogP contribution in [-0.2, 0) is 6.42 Å². The minimum Gasteiger partial charge on any atom is -0.456 e. The van der Waals surface area contributed by atoms with Crippen molar-refractivity contribution in [1.82, 2.24) is 9.97 Å². The first-order chi connectivity index (χ1) is 16.2. The van der Waals surface area contributed by atoms with Crippen LogP contribution in [0.25, 0.3) is 55.6 Å². The summed E-state index contributed by atoms with van der Waals surface area (Å²) < 4.78 is 6.10. The number of benzene rings is 4. The van der Waals surface area contributed by atoms with Gasteiger partial charge >= 0.3 is 0 Å². The summed E-state index contributed by atoms with van der Waals surface area (Å²) in [5.74, 6) is 0.760. The molecule has 33 heavy (non-hydrogen) atoms. The zero-order valence-electron chi connectivity index (χ0n) is 18.2. The van der Waals surface area contributed by atoms with Gasteiger partial charge in [-0.05, 0) is 65.9 Å². The maximum absolute atomic E-state index is 6.10. The molecule has 0 saturated carbocycles. The number of aryl methyl sites for hydroxylation is 1. The van der Waals surface area contributed by atoms with E-state index in [1.807, 2.05) is 25.1 Å². The first kappa shape index (κ1) is 18.3. The fourth-order valence-electron chi connectivity index (χ4n) is 5.05. The minimum atomic E-state index is 0.760. The molecule has 156 valence electrons. The van der Waals surface area contributed by atoms with Gasteiger partial charge in [-0.2, -0.15) is 0 Å². The number of hydrogen-bond acceptors (Lipinski definition) is 3. The molecule has 2 aromatic heterocycles. The Kier molecular flexibility index (Phi) is 3.82. The third-order valence-electron chi connectivity index (χ3n) is 6.60. The van der Waals surface area contributed by atoms with Gasteiger partial charge in [-0.25, -0.2) is 9.97 Å². The van der Waals surface area contributed by atoms with Gasteiger partial charge in [0.1, 0.15) is 17.0 Å². The number of fused-ring (bicyclic) bond motifs is 6. The Balaban J connectivity index is 1.32. The van der Waals surface area contributed by atoms with Gasteiger partial charge in [-0.15, -0.1) is 0 Å². The van der Waals surface area contributed by atoms with E-state index in [-0.39, 0.29) is 0 Å². The highest BCUT2D eigenvalue weighted by molar-refractivity contribution is 6.05. The molecule has 0 amide bonds. The lowest BCUT2D eigenvalue weighted by Gasteiger charge is -2.09. The summed E-state index contributed by atoms with van der Waals surface area (Å²) >= 11 is 0. The van der Waals surface area contributed by atoms with E-state index in [4.69, 9.17) is 14.4 Å². The average molecular weight is 425 g/mol. The van der Waals surface area contributed by atoms with Crippen molar-refractivity contribution < 1.29 is 4.42 Å². The van der Waals surface area contributed by atoms with Crippen LogP contribution in [0.2, 0.25) is 0 Å². The average Bonchev–Trinajstić information content (AvgIpc) is 3.40. The number of rotatable bonds is 2. The van der Waals surface area contributed by atoms with Crippen LogP contribution in [0.3, 0.4) is 0 Å². The van der Waals surface area contributed by atoms with Gasteiger partial charge < -0.3 is 4.42 Å². The summed E-state index contributed by atoms with van der Waals surface area (Å²) in [6, 6.07) is 31.9. The number of nitrogens with zero attached hydrogens (tertiary/aromatic N) is 2. The standard InChI is InChI=1S/C30H20N2O/c1-18-31-27(20-10-12-24-22(15-20)14-19-6-2-3-7-23(19)24)17-28(32-18)21-11-13-26-25-8-4-5-9-29(25)33-30(26)16-21/h2-13,15-17H,14H2,1H3. The van der Waals surface area contributed by atoms with E-state index >= 15 is 0 Å². The van der Waals surface area contributed by atoms with Crippen molar-refractivity contribution in [2.24, 2.45) is 0 Å². The summed E-state index contributed by atoms with van der Waals surface area (Å²) in [6.07, 6.45) is 0.971. The van der Waals surface area contributed by atoms with Crippen LogP contribution in [0, 0.1) is 6.92 Å². The molecule has 1 aliphatic rings. The number of para-hydroxylation sites is 1. The third kappa shape index (κ3) is 2.90. The van der Waals surface area contributed by atoms with Crippen LogP contribution < -0.4 is 0 Å². The zero-order chi connectivity index (χ0) is 21.9. The highest BCUT2D eigenvalue weighted by Crippen LogP contribution is 2.39. The Hall–Kier alpha value is -4.24. The summed E-state index contributed by atoms with van der Waals surface area (Å²) in [6.45, 7) is 1.95. The van der Waals surface area contributed by atoms with E-state index in [0.717, 1.165) is 56.7 Å². The third-order valence-corrected chi connectivity index (χ3v) is 6.60. The minimum absolute atomic E-state index is 0.760. The fourth-order valence-corrected chi connectivity index (χ4v) is 5.05. The van der Waals surface area contributed by atoms with E-state index in [1.165, 1.54) is 22.3 Å². The van der Waals surface area contributed by atoms with Gasteiger partial charge in [0, 0.05) is 21.9 Å². The molecule has 0 saturated heterocycles. The van der Waals surface area contributed by atoms with Crippen molar-refractivity contribution in [3.05, 3.63) is 108 Å². The molecule has 6 aromatic rings. The number of furan rings is 1. The molecule has 4 aromatic carbocycles. The Morgan fingerprint density at radius 2 is 1.30 bits per heavy atom. The Labute approximate surface area is 191 Å². The van der Waals surface area contributed by atoms with Crippen LogP contribution in [0.15, 0.2) is 95.4 Å². The van der Waals surface area contributed by atoms with Crippen molar-refractivity contribution in [3.8, 4) is 33.6 Å². The highest BCUT2D eigenvalue weighted by Gasteiger charge is 2.19. The molecule has 0 atom stereocenters. The van der Waals surface area contributed by atoms with Crippen molar-refractivity contribution in [2.45, 2.75) is 13.3 Å². The van der Waals surface area contributed by atoms with Gasteiger partial charge in [-0.3, -0.25) is 0 Å². The van der Waals surface area contributed by atoms with Crippen molar-refractivity contribution >= 4 is 21.9 Å². The Morgan fingerprint density at radius 1 is 0.606 bits per heavy atom. The smallest absolute Gasteiger partial charge is 0.136 e. The van der Waals surface area contributed by atoms with E-state index in [1.54, 1.807) is 0 Å². The SMILES string of the molecule is Cc1nc(-c2ccc3c(c2)Cc2ccccc2-3)cc(-c2ccc3c(c2)oc2ccccc23)n1. The monoisotopic (exact) mass is 424 g/mol. The predicted octanol–water partition coefficient (Wildman–Crippen LogP) is 7.59. The van der Waals surface area contributed by atoms with Gasteiger partial charge in [-0.1, -0.05) is 60.7 Å². The normalized spacial score (nSPS) is 12.3. The van der Waals surface area contributed by atoms with Crippen LogP contribution in [0.1, 0.15) is 17.0 Å². The van der Waals surface area contributed by atoms with Gasteiger partial charge in [0.15, 0.2) is 0 Å². The lowest BCUT2D eigenvalue weighted by Crippen LogP contribution is -1.95. The van der Waals surface area contributed by atoms with Crippen molar-refractivity contribution in [1.29, 1.82) is 0 Å². The van der Waals surface area contributed by atoms with Gasteiger partial charge in [0.2, 0.25) is 0 Å². The molecule has 0 fully saturated rings. The van der Waals surface area contributed by atoms with E-state index in [0.29, 0.717) is 0 Å². The second-order valence-corrected chi connectivity index (χ2v) is 8.70. The van der Waals surface area contributed by atoms with Crippen molar-refractivity contribution in [2.75, 3.05) is 0 Å². The highest BCUT2D eigenvalue weighted by atomic mass is 16.3. The maximum atomic E-state index is 6.10. The van der Waals surface area contributed by atoms with E-state index < -0.39 is 0 Å². The molecule has 0 bridgehead atoms. The molecule has 0 aliphatic heterocycles. The van der Waals surface area contributed by atoms with Gasteiger partial charge in [0.05, 0.1) is 11.4 Å². The van der Waals surface area contributed by atoms with Crippen LogP contribution in [0.5, 0.6) is 0 Å². The van der Waals surface area contributed by atoms with Crippen LogP contribution in [-0.4, -0.2) is 9.97 Å². The second kappa shape index (κ2) is 6.88. The first-order valence-corrected chi connectivity index (χ1v) is 11.2. The Morgan fingerprint density at radius 3 is 2.21 bits per heavy atom. The summed E-state index contributed by atoms with van der Waals surface area (Å²) in [5, 5.41) is 2.26. The molecule has 1 aliphatic carbocycles. The lowest BCUT2D eigenvalue weighted by molar-refractivity contribution is 0.669. The quantitative estimate of drug-likeness (QED) is 0.287. The molecule has 7 rings (SSSR count). The molecule has 2 heterocycles. The molecule has 0 N–H and O–H groups in total. The zero-order valence-corrected chi connectivity index (χ0v) is 18.2. The topological polar surface area (TPSA) is 38.9 Å². The fraction of sp³-hybridized carbons (Fsp3) is 0.0667. The summed E-state index contributed by atoms with van der Waals surface area (Å²) in [7, 11) is 0. The maximum Gasteiger partial charge on any atom is 0.136 e. The Bertz CT molecular complexity index is 1710. The molecular weight excluding hydrogens is 404 g/mol. The van der Waals surface area contributed by atoms with E-state index in [2.05, 4.69) is 72.8 Å². The molecule has 3 nitrogen and oxygen atoms in total. The summed E-state index contributed by atoms with van der Waals surface area (Å²) in [4.78, 5) is 9.51. The lowest BCUT2D eigenvalue weighted by atomic mass is 10.0. The van der Waals surface area contributed by atoms with E-state index in [9.17, 15) is 0 Å². The van der Waals surface area contributed by atoms with Crippen molar-refractivity contribution in [3.63, 3.8) is 0 Å². The second-order valence-electron chi connectivity index (χ2n) is 8.70. The molecule has 3 heteroatoms. The molecule has 0 radical (unpaired) electrons. The number of aromatic nitrogens is 2. The predicted molar refractivity (Wildman–Crippen MR) is 133 cm³/mol. The first-order valence-electron chi connectivity index (χ1n) is 11.2. The van der Waals surface area contributed by atoms with Crippen LogP contribution >= 0.6 is 0 Å². The molecular formula is C30H20N2O. The number of hydrogen-bond donors (Lipinski definition) is 0. The largest absolute Gasteiger partial charge is 0.456 e. The molecule has 0 spiro atoms. The van der Waals surface area contributed by atoms with Crippen LogP contribution in [0.4, 0.5) is 0 Å². The molecule has 0 unspecified atom stereocenters.